The molecule has 5 heteroatoms. The second-order valence-electron chi connectivity index (χ2n) is 5.29. The Kier molecular flexibility index (Phi) is 2.38. The minimum Gasteiger partial charge on any atom is -0.392 e. The molecule has 16 heavy (non-hydrogen) atoms. The van der Waals surface area contributed by atoms with Gasteiger partial charge in [-0.3, -0.25) is 14.4 Å². The van der Waals surface area contributed by atoms with Crippen molar-refractivity contribution >= 4 is 25.8 Å². The number of carbonyl (C=O) groups excluding carboxylic acids is 3. The van der Waals surface area contributed by atoms with Crippen molar-refractivity contribution in [3.05, 3.63) is 11.3 Å². The second kappa shape index (κ2) is 3.38. The Bertz CT molecular complexity index is 416. The number of fused-ring (bicyclic) bond motifs is 1. The van der Waals surface area contributed by atoms with Crippen LogP contribution in [0.3, 0.4) is 0 Å². The van der Waals surface area contributed by atoms with E-state index in [1.54, 1.807) is 0 Å². The van der Waals surface area contributed by atoms with Crippen molar-refractivity contribution in [3.8, 4) is 0 Å². The molecule has 0 saturated carbocycles. The summed E-state index contributed by atoms with van der Waals surface area (Å²) in [5, 5.41) is 0.764. The fraction of sp³-hybridized carbons (Fsp3) is 0.545. The zero-order chi connectivity index (χ0) is 12.1. The molecule has 1 aliphatic heterocycles. The quantitative estimate of drug-likeness (QED) is 0.389. The van der Waals surface area contributed by atoms with Gasteiger partial charge >= 0.3 is 11.9 Å². The van der Waals surface area contributed by atoms with Gasteiger partial charge in [-0.15, -0.1) is 0 Å². The third-order valence-corrected chi connectivity index (χ3v) is 5.16. The topological polar surface area (TPSA) is 60.4 Å². The molecular formula is C11H14O4Si. The maximum absolute atomic E-state index is 12.1. The van der Waals surface area contributed by atoms with Crippen molar-refractivity contribution in [1.29, 1.82) is 0 Å². The Hall–Kier alpha value is -1.23. The van der Waals surface area contributed by atoms with Gasteiger partial charge in [0.1, 0.15) is 5.92 Å². The first-order chi connectivity index (χ1) is 7.32. The molecule has 1 saturated heterocycles. The van der Waals surface area contributed by atoms with Crippen LogP contribution in [0.1, 0.15) is 6.42 Å². The number of ketones is 1. The standard InChI is InChI=1S/C11H14O4Si/c1-16(2,3)7-5-4-6-8(9(7)12)11(14)15-10(6)13/h5-6,8H,4H2,1-3H3/t6-,8-/m0/s1. The summed E-state index contributed by atoms with van der Waals surface area (Å²) in [4.78, 5) is 34.9. The van der Waals surface area contributed by atoms with Crippen LogP contribution >= 0.6 is 0 Å². The molecular weight excluding hydrogens is 224 g/mol. The average molecular weight is 238 g/mol. The highest BCUT2D eigenvalue weighted by molar-refractivity contribution is 6.87. The van der Waals surface area contributed by atoms with Crippen molar-refractivity contribution in [2.75, 3.05) is 0 Å². The highest BCUT2D eigenvalue weighted by atomic mass is 28.3. The van der Waals surface area contributed by atoms with Crippen LogP contribution in [0, 0.1) is 11.8 Å². The summed E-state index contributed by atoms with van der Waals surface area (Å²) in [6.07, 6.45) is 2.29. The third kappa shape index (κ3) is 1.55. The number of esters is 2. The van der Waals surface area contributed by atoms with Crippen LogP contribution in [-0.4, -0.2) is 25.8 Å². The molecule has 0 aromatic carbocycles. The van der Waals surface area contributed by atoms with Crippen molar-refractivity contribution in [1.82, 2.24) is 0 Å². The van der Waals surface area contributed by atoms with E-state index in [1.807, 2.05) is 6.08 Å². The predicted molar refractivity (Wildman–Crippen MR) is 59.1 cm³/mol. The SMILES string of the molecule is C[Si](C)(C)C1=CC[C@@H]2C(=O)OC(=O)[C@@H]2C1=O. The highest BCUT2D eigenvalue weighted by Crippen LogP contribution is 2.36. The lowest BCUT2D eigenvalue weighted by Gasteiger charge is -2.26. The van der Waals surface area contributed by atoms with Gasteiger partial charge in [-0.05, 0) is 11.6 Å². The van der Waals surface area contributed by atoms with Crippen LogP contribution in [0.15, 0.2) is 11.3 Å². The number of ether oxygens (including phenoxy) is 1. The van der Waals surface area contributed by atoms with Gasteiger partial charge in [0.2, 0.25) is 0 Å². The van der Waals surface area contributed by atoms with E-state index in [-0.39, 0.29) is 5.78 Å². The maximum atomic E-state index is 12.1. The zero-order valence-corrected chi connectivity index (χ0v) is 10.6. The molecule has 0 aromatic heterocycles. The normalized spacial score (nSPS) is 29.9. The minimum absolute atomic E-state index is 0.189. The smallest absolute Gasteiger partial charge is 0.325 e. The number of hydrogen-bond donors (Lipinski definition) is 0. The van der Waals surface area contributed by atoms with E-state index in [2.05, 4.69) is 24.4 Å². The summed E-state index contributed by atoms with van der Waals surface area (Å²) < 4.78 is 4.52. The molecule has 0 N–H and O–H groups in total. The van der Waals surface area contributed by atoms with Gasteiger partial charge in [-0.1, -0.05) is 25.7 Å². The molecule has 0 bridgehead atoms. The van der Waals surface area contributed by atoms with E-state index in [1.165, 1.54) is 0 Å². The molecule has 4 nitrogen and oxygen atoms in total. The van der Waals surface area contributed by atoms with Gasteiger partial charge in [-0.2, -0.15) is 0 Å². The fourth-order valence-electron chi connectivity index (χ4n) is 2.25. The van der Waals surface area contributed by atoms with Crippen LogP contribution in [0.4, 0.5) is 0 Å². The minimum atomic E-state index is -1.74. The first kappa shape index (κ1) is 11.3. The van der Waals surface area contributed by atoms with E-state index in [4.69, 9.17) is 0 Å². The third-order valence-electron chi connectivity index (χ3n) is 3.09. The first-order valence-corrected chi connectivity index (χ1v) is 8.83. The fourth-order valence-corrected chi connectivity index (χ4v) is 3.87. The molecule has 0 amide bonds. The Morgan fingerprint density at radius 3 is 2.38 bits per heavy atom. The van der Waals surface area contributed by atoms with E-state index in [0.29, 0.717) is 6.42 Å². The van der Waals surface area contributed by atoms with Crippen LogP contribution in [0.5, 0.6) is 0 Å². The van der Waals surface area contributed by atoms with Gasteiger partial charge in [0.25, 0.3) is 0 Å². The van der Waals surface area contributed by atoms with E-state index in [9.17, 15) is 14.4 Å². The molecule has 2 atom stereocenters. The van der Waals surface area contributed by atoms with Gasteiger partial charge in [-0.25, -0.2) is 0 Å². The summed E-state index contributed by atoms with van der Waals surface area (Å²) in [7, 11) is -1.74. The number of carbonyl (C=O) groups is 3. The Labute approximate surface area is 94.7 Å². The average Bonchev–Trinajstić information content (AvgIpc) is 2.41. The molecule has 0 unspecified atom stereocenters. The predicted octanol–water partition coefficient (Wildman–Crippen LogP) is 1.08. The molecule has 1 fully saturated rings. The molecule has 86 valence electrons. The summed E-state index contributed by atoms with van der Waals surface area (Å²) in [6.45, 7) is 6.16. The number of Topliss-reactive ketones (excluding diaryl/α,β-unsaturated/α-hetero) is 1. The van der Waals surface area contributed by atoms with Crippen LogP contribution < -0.4 is 0 Å². The highest BCUT2D eigenvalue weighted by Gasteiger charge is 2.52. The van der Waals surface area contributed by atoms with Crippen LogP contribution in [0.2, 0.25) is 19.6 Å². The molecule has 2 aliphatic rings. The lowest BCUT2D eigenvalue weighted by molar-refractivity contribution is -0.153. The van der Waals surface area contributed by atoms with Gasteiger partial charge in [0.15, 0.2) is 5.78 Å². The number of allylic oxidation sites excluding steroid dienone is 2. The largest absolute Gasteiger partial charge is 0.392 e. The lowest BCUT2D eigenvalue weighted by atomic mass is 9.84. The summed E-state index contributed by atoms with van der Waals surface area (Å²) in [5.74, 6) is -2.83. The zero-order valence-electron chi connectivity index (χ0n) is 9.57. The Morgan fingerprint density at radius 2 is 1.81 bits per heavy atom. The Morgan fingerprint density at radius 1 is 1.19 bits per heavy atom. The van der Waals surface area contributed by atoms with Gasteiger partial charge in [0.05, 0.1) is 14.0 Å². The van der Waals surface area contributed by atoms with Crippen molar-refractivity contribution < 1.29 is 19.1 Å². The number of hydrogen-bond acceptors (Lipinski definition) is 4. The van der Waals surface area contributed by atoms with E-state index < -0.39 is 31.8 Å². The number of rotatable bonds is 1. The molecule has 1 heterocycles. The molecule has 2 rings (SSSR count). The summed E-state index contributed by atoms with van der Waals surface area (Å²) in [6, 6.07) is 0. The maximum Gasteiger partial charge on any atom is 0.325 e. The Balaban J connectivity index is 2.39. The molecule has 0 radical (unpaired) electrons. The lowest BCUT2D eigenvalue weighted by Crippen LogP contribution is -2.39. The van der Waals surface area contributed by atoms with Crippen LogP contribution in [0.25, 0.3) is 0 Å². The van der Waals surface area contributed by atoms with Crippen molar-refractivity contribution in [2.24, 2.45) is 11.8 Å². The van der Waals surface area contributed by atoms with Gasteiger partial charge in [0, 0.05) is 0 Å². The first-order valence-electron chi connectivity index (χ1n) is 5.33. The summed E-state index contributed by atoms with van der Waals surface area (Å²) >= 11 is 0. The van der Waals surface area contributed by atoms with E-state index in [0.717, 1.165) is 5.20 Å². The van der Waals surface area contributed by atoms with E-state index >= 15 is 0 Å². The number of cyclic esters (lactones) is 2. The van der Waals surface area contributed by atoms with Gasteiger partial charge < -0.3 is 4.74 Å². The molecule has 0 spiro atoms. The summed E-state index contributed by atoms with van der Waals surface area (Å²) in [5.41, 5.74) is 0. The molecule has 0 aromatic rings. The molecule has 1 aliphatic carbocycles. The monoisotopic (exact) mass is 238 g/mol. The second-order valence-corrected chi connectivity index (χ2v) is 10.3. The van der Waals surface area contributed by atoms with Crippen molar-refractivity contribution in [2.45, 2.75) is 26.1 Å². The van der Waals surface area contributed by atoms with Crippen LogP contribution in [-0.2, 0) is 19.1 Å². The van der Waals surface area contributed by atoms with Crippen molar-refractivity contribution in [3.63, 3.8) is 0 Å².